The highest BCUT2D eigenvalue weighted by Crippen LogP contribution is 2.17. The Balaban J connectivity index is 2.21. The lowest BCUT2D eigenvalue weighted by Gasteiger charge is -2.10. The van der Waals surface area contributed by atoms with Crippen LogP contribution in [0.25, 0.3) is 0 Å². The van der Waals surface area contributed by atoms with Crippen molar-refractivity contribution in [1.82, 2.24) is 0 Å². The first-order chi connectivity index (χ1) is 8.98. The zero-order chi connectivity index (χ0) is 13.9. The van der Waals surface area contributed by atoms with Crippen molar-refractivity contribution in [2.24, 2.45) is 0 Å². The van der Waals surface area contributed by atoms with Gasteiger partial charge in [-0.2, -0.15) is 0 Å². The van der Waals surface area contributed by atoms with Crippen molar-refractivity contribution >= 4 is 15.7 Å². The minimum Gasteiger partial charge on any atom is -0.283 e. The molecule has 0 heterocycles. The maximum Gasteiger partial charge on any atom is 0.237 e. The first-order valence-corrected chi connectivity index (χ1v) is 7.43. The van der Waals surface area contributed by atoms with Crippen LogP contribution in [-0.4, -0.2) is 8.42 Å². The molecule has 1 N–H and O–H groups in total. The van der Waals surface area contributed by atoms with Gasteiger partial charge in [-0.25, -0.2) is 12.8 Å². The number of halogens is 1. The molecule has 5 heteroatoms. The average molecular weight is 279 g/mol. The van der Waals surface area contributed by atoms with Crippen LogP contribution < -0.4 is 4.72 Å². The molecule has 2 rings (SSSR count). The van der Waals surface area contributed by atoms with Gasteiger partial charge in [0, 0.05) is 5.56 Å². The largest absolute Gasteiger partial charge is 0.283 e. The summed E-state index contributed by atoms with van der Waals surface area (Å²) in [6.45, 7) is 1.81. The number of rotatable bonds is 4. The third-order valence-corrected chi connectivity index (χ3v) is 3.94. The lowest BCUT2D eigenvalue weighted by molar-refractivity contribution is 0.591. The van der Waals surface area contributed by atoms with Gasteiger partial charge in [-0.15, -0.1) is 0 Å². The maximum absolute atomic E-state index is 13.4. The quantitative estimate of drug-likeness (QED) is 0.935. The van der Waals surface area contributed by atoms with E-state index in [9.17, 15) is 12.8 Å². The van der Waals surface area contributed by atoms with Gasteiger partial charge < -0.3 is 0 Å². The molecule has 3 nitrogen and oxygen atoms in total. The van der Waals surface area contributed by atoms with E-state index in [0.29, 0.717) is 5.69 Å². The molecule has 0 aliphatic heterocycles. The highest BCUT2D eigenvalue weighted by atomic mass is 32.2. The average Bonchev–Trinajstić information content (AvgIpc) is 2.35. The number of benzene rings is 2. The summed E-state index contributed by atoms with van der Waals surface area (Å²) in [7, 11) is -3.62. The molecule has 0 radical (unpaired) electrons. The Morgan fingerprint density at radius 3 is 2.37 bits per heavy atom. The van der Waals surface area contributed by atoms with Gasteiger partial charge in [-0.3, -0.25) is 4.72 Å². The van der Waals surface area contributed by atoms with Crippen molar-refractivity contribution in [2.45, 2.75) is 12.7 Å². The molecule has 0 amide bonds. The third-order valence-electron chi connectivity index (χ3n) is 2.71. The van der Waals surface area contributed by atoms with Gasteiger partial charge in [-0.1, -0.05) is 36.4 Å². The van der Waals surface area contributed by atoms with Crippen molar-refractivity contribution in [3.63, 3.8) is 0 Å². The molecule has 0 aromatic heterocycles. The zero-order valence-electron chi connectivity index (χ0n) is 10.4. The Labute approximate surface area is 112 Å². The molecular formula is C14H14FNO2S. The molecule has 0 bridgehead atoms. The summed E-state index contributed by atoms with van der Waals surface area (Å²) in [4.78, 5) is 0. The molecule has 2 aromatic carbocycles. The summed E-state index contributed by atoms with van der Waals surface area (Å²) < 4.78 is 39.9. The number of hydrogen-bond acceptors (Lipinski definition) is 2. The summed E-state index contributed by atoms with van der Waals surface area (Å²) in [5, 5.41) is 0. The Kier molecular flexibility index (Phi) is 3.85. The van der Waals surface area contributed by atoms with Gasteiger partial charge in [0.25, 0.3) is 0 Å². The second-order valence-electron chi connectivity index (χ2n) is 4.27. The molecule has 0 unspecified atom stereocenters. The minimum absolute atomic E-state index is 0.156. The summed E-state index contributed by atoms with van der Waals surface area (Å²) in [6, 6.07) is 12.9. The number of hydrogen-bond donors (Lipinski definition) is 1. The van der Waals surface area contributed by atoms with Gasteiger partial charge in [-0.05, 0) is 24.6 Å². The standard InChI is InChI=1S/C14H14FNO2S/c1-11-6-2-5-9-14(11)16-19(17,18)10-12-7-3-4-8-13(12)15/h2-9,16H,10H2,1H3. The van der Waals surface area contributed by atoms with E-state index in [1.807, 2.05) is 6.07 Å². The van der Waals surface area contributed by atoms with E-state index in [0.717, 1.165) is 5.56 Å². The number of nitrogens with one attached hydrogen (secondary N) is 1. The van der Waals surface area contributed by atoms with Gasteiger partial charge in [0.2, 0.25) is 10.0 Å². The molecule has 0 aliphatic rings. The maximum atomic E-state index is 13.4. The van der Waals surface area contributed by atoms with Crippen LogP contribution in [0.5, 0.6) is 0 Å². The van der Waals surface area contributed by atoms with E-state index in [2.05, 4.69) is 4.72 Å². The van der Waals surface area contributed by atoms with Gasteiger partial charge in [0.15, 0.2) is 0 Å². The fourth-order valence-electron chi connectivity index (χ4n) is 1.71. The monoisotopic (exact) mass is 279 g/mol. The molecule has 2 aromatic rings. The van der Waals surface area contributed by atoms with Crippen LogP contribution >= 0.6 is 0 Å². The van der Waals surface area contributed by atoms with Crippen molar-refractivity contribution in [3.8, 4) is 0 Å². The van der Waals surface area contributed by atoms with Crippen LogP contribution in [0.3, 0.4) is 0 Å². The first-order valence-electron chi connectivity index (χ1n) is 5.77. The third kappa shape index (κ3) is 3.54. The second-order valence-corrected chi connectivity index (χ2v) is 5.99. The van der Waals surface area contributed by atoms with Crippen LogP contribution in [0.1, 0.15) is 11.1 Å². The molecule has 0 saturated heterocycles. The van der Waals surface area contributed by atoms with Crippen LogP contribution in [0.4, 0.5) is 10.1 Å². The molecule has 0 aliphatic carbocycles. The van der Waals surface area contributed by atoms with E-state index in [1.54, 1.807) is 31.2 Å². The van der Waals surface area contributed by atoms with E-state index >= 15 is 0 Å². The summed E-state index contributed by atoms with van der Waals surface area (Å²) in [5.41, 5.74) is 1.49. The van der Waals surface area contributed by atoms with Crippen molar-refractivity contribution < 1.29 is 12.8 Å². The predicted molar refractivity (Wildman–Crippen MR) is 73.8 cm³/mol. The van der Waals surface area contributed by atoms with Gasteiger partial charge in [0.05, 0.1) is 11.4 Å². The molecule has 100 valence electrons. The normalized spacial score (nSPS) is 11.3. The Morgan fingerprint density at radius 2 is 1.68 bits per heavy atom. The molecular weight excluding hydrogens is 265 g/mol. The van der Waals surface area contributed by atoms with Gasteiger partial charge >= 0.3 is 0 Å². The summed E-state index contributed by atoms with van der Waals surface area (Å²) in [5.74, 6) is -0.897. The highest BCUT2D eigenvalue weighted by molar-refractivity contribution is 7.91. The minimum atomic E-state index is -3.62. The Bertz CT molecular complexity index is 630. The SMILES string of the molecule is Cc1ccccc1NS(=O)(=O)Cc1ccccc1F. The Morgan fingerprint density at radius 1 is 1.05 bits per heavy atom. The smallest absolute Gasteiger partial charge is 0.237 e. The predicted octanol–water partition coefficient (Wildman–Crippen LogP) is 3.08. The van der Waals surface area contributed by atoms with Gasteiger partial charge in [0.1, 0.15) is 5.82 Å². The lowest BCUT2D eigenvalue weighted by Crippen LogP contribution is -2.16. The topological polar surface area (TPSA) is 46.2 Å². The van der Waals surface area contributed by atoms with E-state index in [4.69, 9.17) is 0 Å². The molecule has 19 heavy (non-hydrogen) atoms. The van der Waals surface area contributed by atoms with E-state index in [1.165, 1.54) is 18.2 Å². The van der Waals surface area contributed by atoms with Crippen molar-refractivity contribution in [1.29, 1.82) is 0 Å². The number of anilines is 1. The number of aryl methyl sites for hydroxylation is 1. The van der Waals surface area contributed by atoms with Crippen LogP contribution in [-0.2, 0) is 15.8 Å². The zero-order valence-corrected chi connectivity index (χ0v) is 11.2. The summed E-state index contributed by atoms with van der Waals surface area (Å²) in [6.07, 6.45) is 0. The molecule has 0 spiro atoms. The fourth-order valence-corrected chi connectivity index (χ4v) is 2.99. The molecule has 0 saturated carbocycles. The van der Waals surface area contributed by atoms with Crippen molar-refractivity contribution in [2.75, 3.05) is 4.72 Å². The lowest BCUT2D eigenvalue weighted by atomic mass is 10.2. The van der Waals surface area contributed by atoms with Crippen LogP contribution in [0.2, 0.25) is 0 Å². The molecule has 0 atom stereocenters. The van der Waals surface area contributed by atoms with E-state index in [-0.39, 0.29) is 11.3 Å². The summed E-state index contributed by atoms with van der Waals surface area (Å²) >= 11 is 0. The second kappa shape index (κ2) is 5.40. The van der Waals surface area contributed by atoms with Crippen molar-refractivity contribution in [3.05, 3.63) is 65.5 Å². The van der Waals surface area contributed by atoms with Crippen LogP contribution in [0, 0.1) is 12.7 Å². The fraction of sp³-hybridized carbons (Fsp3) is 0.143. The number of para-hydroxylation sites is 1. The first kappa shape index (κ1) is 13.5. The van der Waals surface area contributed by atoms with Crippen LogP contribution in [0.15, 0.2) is 48.5 Å². The Hall–Kier alpha value is -1.88. The van der Waals surface area contributed by atoms with E-state index < -0.39 is 15.8 Å². The molecule has 0 fully saturated rings. The number of sulfonamides is 1. The highest BCUT2D eigenvalue weighted by Gasteiger charge is 2.15.